The van der Waals surface area contributed by atoms with E-state index in [1.54, 1.807) is 0 Å². The van der Waals surface area contributed by atoms with Crippen molar-refractivity contribution in [1.29, 1.82) is 0 Å². The number of nitrogens with one attached hydrogen (secondary N) is 1. The molecule has 0 aromatic heterocycles. The molecule has 2 aliphatic rings. The summed E-state index contributed by atoms with van der Waals surface area (Å²) < 4.78 is 0. The Morgan fingerprint density at radius 2 is 1.65 bits per heavy atom. The van der Waals surface area contributed by atoms with Crippen LogP contribution in [0.2, 0.25) is 0 Å². The van der Waals surface area contributed by atoms with Crippen LogP contribution < -0.4 is 11.1 Å². The molecule has 116 valence electrons. The van der Waals surface area contributed by atoms with Crippen LogP contribution >= 0.6 is 0 Å². The van der Waals surface area contributed by atoms with E-state index in [-0.39, 0.29) is 0 Å². The lowest BCUT2D eigenvalue weighted by atomic mass is 9.80. The largest absolute Gasteiger partial charge is 0.353 e. The van der Waals surface area contributed by atoms with Crippen LogP contribution in [0.3, 0.4) is 0 Å². The highest BCUT2D eigenvalue weighted by Crippen LogP contribution is 2.30. The molecule has 2 unspecified atom stereocenters. The van der Waals surface area contributed by atoms with Gasteiger partial charge in [-0.3, -0.25) is 4.79 Å². The summed E-state index contributed by atoms with van der Waals surface area (Å²) in [7, 11) is 0. The number of carbonyl (C=O) groups is 1. The third kappa shape index (κ3) is 4.76. The zero-order valence-electron chi connectivity index (χ0n) is 13.1. The van der Waals surface area contributed by atoms with Crippen LogP contribution in [0.1, 0.15) is 71.1 Å². The van der Waals surface area contributed by atoms with Gasteiger partial charge in [0.15, 0.2) is 0 Å². The molecule has 0 bridgehead atoms. The van der Waals surface area contributed by atoms with Gasteiger partial charge in [0, 0.05) is 12.5 Å². The van der Waals surface area contributed by atoms with Gasteiger partial charge in [0.2, 0.25) is 5.91 Å². The van der Waals surface area contributed by atoms with E-state index >= 15 is 0 Å². The molecular weight excluding hydrogens is 248 g/mol. The summed E-state index contributed by atoms with van der Waals surface area (Å²) in [6.45, 7) is 3.11. The van der Waals surface area contributed by atoms with Crippen molar-refractivity contribution >= 4 is 5.91 Å². The van der Waals surface area contributed by atoms with Crippen LogP contribution in [0, 0.1) is 17.8 Å². The topological polar surface area (TPSA) is 55.1 Å². The maximum Gasteiger partial charge on any atom is 0.220 e. The predicted molar refractivity (Wildman–Crippen MR) is 83.3 cm³/mol. The van der Waals surface area contributed by atoms with E-state index in [0.29, 0.717) is 29.7 Å². The monoisotopic (exact) mass is 280 g/mol. The zero-order valence-corrected chi connectivity index (χ0v) is 13.1. The van der Waals surface area contributed by atoms with Crippen molar-refractivity contribution in [2.45, 2.75) is 77.2 Å². The summed E-state index contributed by atoms with van der Waals surface area (Å²) >= 11 is 0. The molecule has 3 nitrogen and oxygen atoms in total. The van der Waals surface area contributed by atoms with E-state index < -0.39 is 0 Å². The Balaban J connectivity index is 1.72. The maximum atomic E-state index is 12.3. The molecule has 0 radical (unpaired) electrons. The predicted octanol–water partition coefficient (Wildman–Crippen LogP) is 3.23. The van der Waals surface area contributed by atoms with Crippen LogP contribution in [0.4, 0.5) is 0 Å². The van der Waals surface area contributed by atoms with E-state index in [9.17, 15) is 4.79 Å². The maximum absolute atomic E-state index is 12.3. The number of rotatable bonds is 4. The summed E-state index contributed by atoms with van der Waals surface area (Å²) in [5, 5.41) is 3.32. The first kappa shape index (κ1) is 15.8. The summed E-state index contributed by atoms with van der Waals surface area (Å²) in [4.78, 5) is 12.3. The summed E-state index contributed by atoms with van der Waals surface area (Å²) in [5.74, 6) is 2.24. The molecule has 0 heterocycles. The second kappa shape index (κ2) is 8.02. The van der Waals surface area contributed by atoms with E-state index in [1.807, 2.05) is 0 Å². The normalized spacial score (nSPS) is 35.3. The first-order valence-electron chi connectivity index (χ1n) is 8.68. The fourth-order valence-corrected chi connectivity index (χ4v) is 3.91. The molecular formula is C17H32N2O. The smallest absolute Gasteiger partial charge is 0.220 e. The summed E-state index contributed by atoms with van der Waals surface area (Å²) in [5.41, 5.74) is 5.72. The van der Waals surface area contributed by atoms with E-state index in [4.69, 9.17) is 5.73 Å². The van der Waals surface area contributed by atoms with Crippen molar-refractivity contribution in [3.63, 3.8) is 0 Å². The van der Waals surface area contributed by atoms with Crippen LogP contribution in [0.15, 0.2) is 0 Å². The molecule has 3 heteroatoms. The molecule has 0 spiro atoms. The van der Waals surface area contributed by atoms with Crippen molar-refractivity contribution in [3.8, 4) is 0 Å². The lowest BCUT2D eigenvalue weighted by Gasteiger charge is -2.28. The molecule has 2 saturated carbocycles. The highest BCUT2D eigenvalue weighted by atomic mass is 16.1. The standard InChI is InChI=1S/C17H32N2O/c1-13-5-3-2-4-6-16(13)19-17(20)11-14-7-9-15(12-18)10-8-14/h13-16H,2-12,18H2,1H3,(H,19,20). The minimum atomic E-state index is 0.292. The van der Waals surface area contributed by atoms with Gasteiger partial charge in [-0.15, -0.1) is 0 Å². The van der Waals surface area contributed by atoms with Gasteiger partial charge < -0.3 is 11.1 Å². The van der Waals surface area contributed by atoms with Gasteiger partial charge in [-0.05, 0) is 62.8 Å². The fraction of sp³-hybridized carbons (Fsp3) is 0.941. The van der Waals surface area contributed by atoms with Crippen molar-refractivity contribution in [1.82, 2.24) is 5.32 Å². The number of carbonyl (C=O) groups excluding carboxylic acids is 1. The third-order valence-corrected chi connectivity index (χ3v) is 5.48. The first-order valence-corrected chi connectivity index (χ1v) is 8.68. The van der Waals surface area contributed by atoms with E-state index in [2.05, 4.69) is 12.2 Å². The Morgan fingerprint density at radius 3 is 2.35 bits per heavy atom. The average Bonchev–Trinajstić information content (AvgIpc) is 2.65. The second-order valence-electron chi connectivity index (χ2n) is 7.12. The fourth-order valence-electron chi connectivity index (χ4n) is 3.91. The van der Waals surface area contributed by atoms with E-state index in [1.165, 1.54) is 57.8 Å². The van der Waals surface area contributed by atoms with E-state index in [0.717, 1.165) is 13.0 Å². The molecule has 2 atom stereocenters. The molecule has 2 rings (SSSR count). The van der Waals surface area contributed by atoms with Gasteiger partial charge in [-0.25, -0.2) is 0 Å². The molecule has 2 aliphatic carbocycles. The average molecular weight is 280 g/mol. The van der Waals surface area contributed by atoms with Gasteiger partial charge in [-0.1, -0.05) is 26.2 Å². The van der Waals surface area contributed by atoms with Crippen LogP contribution in [0.5, 0.6) is 0 Å². The van der Waals surface area contributed by atoms with Crippen molar-refractivity contribution < 1.29 is 4.79 Å². The lowest BCUT2D eigenvalue weighted by molar-refractivity contribution is -0.123. The number of hydrogen-bond donors (Lipinski definition) is 2. The van der Waals surface area contributed by atoms with Crippen molar-refractivity contribution in [2.24, 2.45) is 23.5 Å². The minimum Gasteiger partial charge on any atom is -0.353 e. The summed E-state index contributed by atoms with van der Waals surface area (Å²) in [6, 6.07) is 0.422. The van der Waals surface area contributed by atoms with Gasteiger partial charge in [0.05, 0.1) is 0 Å². The van der Waals surface area contributed by atoms with Crippen molar-refractivity contribution in [2.75, 3.05) is 6.54 Å². The number of amides is 1. The van der Waals surface area contributed by atoms with Gasteiger partial charge in [0.1, 0.15) is 0 Å². The molecule has 0 aliphatic heterocycles. The Kier molecular flexibility index (Phi) is 6.34. The van der Waals surface area contributed by atoms with Gasteiger partial charge in [-0.2, -0.15) is 0 Å². The second-order valence-corrected chi connectivity index (χ2v) is 7.12. The quantitative estimate of drug-likeness (QED) is 0.777. The molecule has 0 saturated heterocycles. The molecule has 20 heavy (non-hydrogen) atoms. The Hall–Kier alpha value is -0.570. The first-order chi connectivity index (χ1) is 9.69. The molecule has 2 fully saturated rings. The van der Waals surface area contributed by atoms with Crippen molar-refractivity contribution in [3.05, 3.63) is 0 Å². The van der Waals surface area contributed by atoms with Crippen LogP contribution in [0.25, 0.3) is 0 Å². The third-order valence-electron chi connectivity index (χ3n) is 5.48. The number of hydrogen-bond acceptors (Lipinski definition) is 2. The molecule has 1 amide bonds. The summed E-state index contributed by atoms with van der Waals surface area (Å²) in [6.07, 6.45) is 11.9. The minimum absolute atomic E-state index is 0.292. The Labute approximate surface area is 124 Å². The molecule has 0 aromatic rings. The van der Waals surface area contributed by atoms with Gasteiger partial charge in [0.25, 0.3) is 0 Å². The SMILES string of the molecule is CC1CCCCCC1NC(=O)CC1CCC(CN)CC1. The zero-order chi connectivity index (χ0) is 14.4. The molecule has 0 aromatic carbocycles. The Bertz CT molecular complexity index is 297. The van der Waals surface area contributed by atoms with Crippen LogP contribution in [-0.4, -0.2) is 18.5 Å². The van der Waals surface area contributed by atoms with Crippen LogP contribution in [-0.2, 0) is 4.79 Å². The number of nitrogens with two attached hydrogens (primary N) is 1. The lowest BCUT2D eigenvalue weighted by Crippen LogP contribution is -2.39. The van der Waals surface area contributed by atoms with Gasteiger partial charge >= 0.3 is 0 Å². The Morgan fingerprint density at radius 1 is 1.00 bits per heavy atom. The highest BCUT2D eigenvalue weighted by molar-refractivity contribution is 5.76. The highest BCUT2D eigenvalue weighted by Gasteiger charge is 2.25. The molecule has 3 N–H and O–H groups in total.